The topological polar surface area (TPSA) is 59.8 Å². The predicted octanol–water partition coefficient (Wildman–Crippen LogP) is 3.62. The highest BCUT2D eigenvalue weighted by Crippen LogP contribution is 2.23. The molecule has 27 heavy (non-hydrogen) atoms. The summed E-state index contributed by atoms with van der Waals surface area (Å²) >= 11 is 0. The number of hydrogen-bond acceptors (Lipinski definition) is 4. The second-order valence-electron chi connectivity index (χ2n) is 6.44. The number of benzene rings is 2. The largest absolute Gasteiger partial charge is 0.464 e. The van der Waals surface area contributed by atoms with Gasteiger partial charge in [-0.2, -0.15) is 0 Å². The van der Waals surface area contributed by atoms with Crippen molar-refractivity contribution < 1.29 is 23.1 Å². The van der Waals surface area contributed by atoms with E-state index in [4.69, 9.17) is 9.15 Å². The Labute approximate surface area is 156 Å². The summed E-state index contributed by atoms with van der Waals surface area (Å²) in [4.78, 5) is 25.5. The molecule has 1 amide bonds. The lowest BCUT2D eigenvalue weighted by atomic mass is 10.1. The molecule has 5 nitrogen and oxygen atoms in total. The molecule has 0 bridgehead atoms. The molecule has 0 N–H and O–H groups in total. The summed E-state index contributed by atoms with van der Waals surface area (Å²) in [5.41, 5.74) is 2.88. The number of halogens is 1. The van der Waals surface area contributed by atoms with Crippen molar-refractivity contribution in [3.63, 3.8) is 0 Å². The Kier molecular flexibility index (Phi) is 5.54. The van der Waals surface area contributed by atoms with E-state index >= 15 is 0 Å². The molecule has 0 aliphatic carbocycles. The minimum atomic E-state index is -0.522. The van der Waals surface area contributed by atoms with Crippen LogP contribution < -0.4 is 0 Å². The fraction of sp³-hybridized carbons (Fsp3) is 0.238. The van der Waals surface area contributed by atoms with Crippen LogP contribution in [0.5, 0.6) is 0 Å². The zero-order valence-electron chi connectivity index (χ0n) is 15.2. The van der Waals surface area contributed by atoms with Gasteiger partial charge in [-0.1, -0.05) is 30.3 Å². The second kappa shape index (κ2) is 8.03. The van der Waals surface area contributed by atoms with Gasteiger partial charge >= 0.3 is 5.97 Å². The van der Waals surface area contributed by atoms with Crippen molar-refractivity contribution in [2.24, 2.45) is 0 Å². The van der Waals surface area contributed by atoms with Gasteiger partial charge in [0.2, 0.25) is 0 Å². The number of likely N-dealkylation sites (N-methyl/N-ethyl adjacent to an activating group) is 1. The van der Waals surface area contributed by atoms with Crippen LogP contribution in [0.15, 0.2) is 53.1 Å². The van der Waals surface area contributed by atoms with Gasteiger partial charge in [-0.05, 0) is 24.6 Å². The zero-order chi connectivity index (χ0) is 19.4. The summed E-state index contributed by atoms with van der Waals surface area (Å²) in [5, 5.41) is 0.848. The van der Waals surface area contributed by atoms with Crippen molar-refractivity contribution in [1.29, 1.82) is 0 Å². The summed E-state index contributed by atoms with van der Waals surface area (Å²) < 4.78 is 24.2. The molecule has 0 fully saturated rings. The van der Waals surface area contributed by atoms with E-state index in [-0.39, 0.29) is 18.8 Å². The molecule has 2 aromatic carbocycles. The highest BCUT2D eigenvalue weighted by molar-refractivity contribution is 5.87. The number of rotatable bonds is 6. The molecule has 1 aromatic heterocycles. The number of nitrogens with zero attached hydrogens (tertiary/aromatic N) is 1. The highest BCUT2D eigenvalue weighted by atomic mass is 19.1. The number of esters is 1. The van der Waals surface area contributed by atoms with Gasteiger partial charge in [-0.15, -0.1) is 0 Å². The van der Waals surface area contributed by atoms with Gasteiger partial charge in [-0.3, -0.25) is 9.59 Å². The van der Waals surface area contributed by atoms with Crippen molar-refractivity contribution in [3.05, 3.63) is 71.2 Å². The molecule has 0 saturated heterocycles. The normalized spacial score (nSPS) is 10.8. The molecule has 0 radical (unpaired) electrons. The average molecular weight is 369 g/mol. The average Bonchev–Trinajstić information content (AvgIpc) is 3.03. The first-order valence-corrected chi connectivity index (χ1v) is 8.54. The van der Waals surface area contributed by atoms with Crippen LogP contribution in [0.1, 0.15) is 16.7 Å². The van der Waals surface area contributed by atoms with Gasteiger partial charge < -0.3 is 14.1 Å². The maximum absolute atomic E-state index is 13.7. The molecular weight excluding hydrogens is 349 g/mol. The van der Waals surface area contributed by atoms with Gasteiger partial charge in [0, 0.05) is 30.1 Å². The molecule has 140 valence electrons. The molecule has 0 unspecified atom stereocenters. The maximum Gasteiger partial charge on any atom is 0.310 e. The number of amides is 1. The molecule has 3 rings (SSSR count). The highest BCUT2D eigenvalue weighted by Gasteiger charge is 2.16. The Morgan fingerprint density at radius 2 is 1.93 bits per heavy atom. The number of fused-ring (bicyclic) bond motifs is 1. The van der Waals surface area contributed by atoms with E-state index in [0.29, 0.717) is 16.7 Å². The van der Waals surface area contributed by atoms with Gasteiger partial charge in [0.05, 0.1) is 12.7 Å². The van der Waals surface area contributed by atoms with E-state index < -0.39 is 18.5 Å². The summed E-state index contributed by atoms with van der Waals surface area (Å²) in [7, 11) is 1.54. The third kappa shape index (κ3) is 4.53. The summed E-state index contributed by atoms with van der Waals surface area (Å²) in [6.07, 6.45) is 1.54. The van der Waals surface area contributed by atoms with Crippen LogP contribution in [0.25, 0.3) is 11.0 Å². The number of aryl methyl sites for hydroxylation is 1. The van der Waals surface area contributed by atoms with Crippen molar-refractivity contribution in [2.75, 3.05) is 13.7 Å². The fourth-order valence-corrected chi connectivity index (χ4v) is 2.76. The quantitative estimate of drug-likeness (QED) is 0.623. The van der Waals surface area contributed by atoms with E-state index in [1.807, 2.05) is 25.1 Å². The summed E-state index contributed by atoms with van der Waals surface area (Å²) in [6, 6.07) is 12.0. The minimum Gasteiger partial charge on any atom is -0.464 e. The van der Waals surface area contributed by atoms with Crippen LogP contribution in [0.4, 0.5) is 4.39 Å². The zero-order valence-corrected chi connectivity index (χ0v) is 15.2. The standard InChI is InChI=1S/C21H20FNO4/c1-14-7-8-17-16(12-26-19(17)9-14)10-21(25)27-13-20(24)23(2)11-15-5-3-4-6-18(15)22/h3-9,12H,10-11,13H2,1-2H3. The molecule has 0 aliphatic rings. The summed E-state index contributed by atoms with van der Waals surface area (Å²) in [6.45, 7) is 1.67. The van der Waals surface area contributed by atoms with Gasteiger partial charge in [0.1, 0.15) is 11.4 Å². The molecule has 0 aliphatic heterocycles. The van der Waals surface area contributed by atoms with Gasteiger partial charge in [0.25, 0.3) is 5.91 Å². The van der Waals surface area contributed by atoms with Crippen molar-refractivity contribution in [1.82, 2.24) is 4.90 Å². The second-order valence-corrected chi connectivity index (χ2v) is 6.44. The number of furan rings is 1. The van der Waals surface area contributed by atoms with Crippen LogP contribution in [-0.4, -0.2) is 30.4 Å². The molecule has 3 aromatic rings. The maximum atomic E-state index is 13.7. The van der Waals surface area contributed by atoms with Gasteiger partial charge in [0.15, 0.2) is 6.61 Å². The number of carbonyl (C=O) groups excluding carboxylic acids is 2. The number of carbonyl (C=O) groups is 2. The summed E-state index contributed by atoms with van der Waals surface area (Å²) in [5.74, 6) is -1.30. The first kappa shape index (κ1) is 18.6. The lowest BCUT2D eigenvalue weighted by molar-refractivity contribution is -0.151. The van der Waals surface area contributed by atoms with Crippen molar-refractivity contribution in [2.45, 2.75) is 19.9 Å². The van der Waals surface area contributed by atoms with E-state index in [1.165, 1.54) is 24.3 Å². The predicted molar refractivity (Wildman–Crippen MR) is 98.5 cm³/mol. The lowest BCUT2D eigenvalue weighted by Crippen LogP contribution is -2.31. The molecule has 1 heterocycles. The van der Waals surface area contributed by atoms with Crippen LogP contribution in [0.2, 0.25) is 0 Å². The Morgan fingerprint density at radius 3 is 2.70 bits per heavy atom. The van der Waals surface area contributed by atoms with E-state index in [2.05, 4.69) is 0 Å². The lowest BCUT2D eigenvalue weighted by Gasteiger charge is -2.17. The molecular formula is C21H20FNO4. The van der Waals surface area contributed by atoms with Crippen molar-refractivity contribution >= 4 is 22.8 Å². The van der Waals surface area contributed by atoms with Crippen molar-refractivity contribution in [3.8, 4) is 0 Å². The monoisotopic (exact) mass is 369 g/mol. The van der Waals surface area contributed by atoms with Crippen LogP contribution in [-0.2, 0) is 27.3 Å². The third-order valence-electron chi connectivity index (χ3n) is 4.29. The Bertz CT molecular complexity index is 979. The van der Waals surface area contributed by atoms with E-state index in [1.54, 1.807) is 18.2 Å². The number of hydrogen-bond donors (Lipinski definition) is 0. The molecule has 0 atom stereocenters. The Morgan fingerprint density at radius 1 is 1.15 bits per heavy atom. The van der Waals surface area contributed by atoms with Crippen LogP contribution >= 0.6 is 0 Å². The Balaban J connectivity index is 1.53. The molecule has 6 heteroatoms. The van der Waals surface area contributed by atoms with E-state index in [0.717, 1.165) is 10.9 Å². The fourth-order valence-electron chi connectivity index (χ4n) is 2.76. The smallest absolute Gasteiger partial charge is 0.310 e. The minimum absolute atomic E-state index is 0.0143. The number of ether oxygens (including phenoxy) is 1. The van der Waals surface area contributed by atoms with Gasteiger partial charge in [-0.25, -0.2) is 4.39 Å². The first-order valence-electron chi connectivity index (χ1n) is 8.54. The first-order chi connectivity index (χ1) is 12.9. The molecule has 0 saturated carbocycles. The SMILES string of the molecule is Cc1ccc2c(CC(=O)OCC(=O)N(C)Cc3ccccc3F)coc2c1. The third-order valence-corrected chi connectivity index (χ3v) is 4.29. The van der Waals surface area contributed by atoms with E-state index in [9.17, 15) is 14.0 Å². The molecule has 0 spiro atoms. The Hall–Kier alpha value is -3.15. The van der Waals surface area contributed by atoms with Crippen LogP contribution in [0, 0.1) is 12.7 Å². The van der Waals surface area contributed by atoms with Crippen LogP contribution in [0.3, 0.4) is 0 Å².